The zero-order valence-corrected chi connectivity index (χ0v) is 20.2. The highest BCUT2D eigenvalue weighted by Crippen LogP contribution is 2.31. The van der Waals surface area contributed by atoms with E-state index in [9.17, 15) is 13.2 Å². The maximum atomic E-state index is 13.1. The molecule has 0 atom stereocenters. The number of likely N-dealkylation sites (N-methyl/N-ethyl adjacent to an activating group) is 1. The molecule has 2 aromatic carbocycles. The van der Waals surface area contributed by atoms with Crippen molar-refractivity contribution in [3.05, 3.63) is 52.5 Å². The first-order valence-electron chi connectivity index (χ1n) is 8.48. The van der Waals surface area contributed by atoms with E-state index in [0.29, 0.717) is 29.3 Å². The Morgan fingerprint density at radius 1 is 1.10 bits per heavy atom. The summed E-state index contributed by atoms with van der Waals surface area (Å²) in [5, 5.41) is 0.551. The SMILES string of the molecule is CN(C)CCN(C(=O)c1ccc(Br)cc1)c1nc2ccc(S(C)(=O)=O)cc2s1.Cl. The van der Waals surface area contributed by atoms with Crippen LogP contribution in [0.25, 0.3) is 10.2 Å². The number of sulfone groups is 1. The van der Waals surface area contributed by atoms with Crippen molar-refractivity contribution in [3.8, 4) is 0 Å². The molecular weight excluding hydrogens is 498 g/mol. The van der Waals surface area contributed by atoms with E-state index in [0.717, 1.165) is 9.17 Å². The third kappa shape index (κ3) is 5.76. The predicted octanol–water partition coefficient (Wildman–Crippen LogP) is 4.09. The van der Waals surface area contributed by atoms with Crippen LogP contribution in [0.2, 0.25) is 0 Å². The molecular formula is C19H21BrClN3O3S2. The van der Waals surface area contributed by atoms with Crippen LogP contribution in [0.15, 0.2) is 51.8 Å². The topological polar surface area (TPSA) is 70.6 Å². The smallest absolute Gasteiger partial charge is 0.260 e. The largest absolute Gasteiger partial charge is 0.308 e. The van der Waals surface area contributed by atoms with Crippen LogP contribution < -0.4 is 4.90 Å². The third-order valence-electron chi connectivity index (χ3n) is 4.11. The molecule has 0 saturated heterocycles. The zero-order valence-electron chi connectivity index (χ0n) is 16.1. The van der Waals surface area contributed by atoms with Gasteiger partial charge >= 0.3 is 0 Å². The Hall–Kier alpha value is -1.52. The normalized spacial score (nSPS) is 11.5. The van der Waals surface area contributed by atoms with Crippen LogP contribution in [0.4, 0.5) is 5.13 Å². The van der Waals surface area contributed by atoms with E-state index >= 15 is 0 Å². The van der Waals surface area contributed by atoms with Gasteiger partial charge in [0.05, 0.1) is 15.1 Å². The molecule has 1 amide bonds. The van der Waals surface area contributed by atoms with Crippen LogP contribution in [0.5, 0.6) is 0 Å². The van der Waals surface area contributed by atoms with Crippen molar-refractivity contribution in [2.45, 2.75) is 4.90 Å². The van der Waals surface area contributed by atoms with Gasteiger partial charge < -0.3 is 4.90 Å². The minimum absolute atomic E-state index is 0. The summed E-state index contributed by atoms with van der Waals surface area (Å²) in [5.41, 5.74) is 1.24. The highest BCUT2D eigenvalue weighted by atomic mass is 79.9. The van der Waals surface area contributed by atoms with Crippen LogP contribution in [-0.4, -0.2) is 57.6 Å². The lowest BCUT2D eigenvalue weighted by Crippen LogP contribution is -2.36. The van der Waals surface area contributed by atoms with Crippen LogP contribution in [0.1, 0.15) is 10.4 Å². The predicted molar refractivity (Wildman–Crippen MR) is 124 cm³/mol. The average Bonchev–Trinajstić information content (AvgIpc) is 3.04. The van der Waals surface area contributed by atoms with Gasteiger partial charge in [-0.2, -0.15) is 0 Å². The first-order chi connectivity index (χ1) is 13.1. The summed E-state index contributed by atoms with van der Waals surface area (Å²) >= 11 is 4.70. The van der Waals surface area contributed by atoms with Crippen molar-refractivity contribution < 1.29 is 13.2 Å². The highest BCUT2D eigenvalue weighted by molar-refractivity contribution is 9.10. The molecule has 1 aromatic heterocycles. The molecule has 0 N–H and O–H groups in total. The molecule has 1 heterocycles. The maximum Gasteiger partial charge on any atom is 0.260 e. The van der Waals surface area contributed by atoms with E-state index in [4.69, 9.17) is 0 Å². The minimum Gasteiger partial charge on any atom is -0.308 e. The molecule has 10 heteroatoms. The number of hydrogen-bond acceptors (Lipinski definition) is 6. The molecule has 156 valence electrons. The summed E-state index contributed by atoms with van der Waals surface area (Å²) in [6, 6.07) is 12.0. The van der Waals surface area contributed by atoms with Gasteiger partial charge in [0.25, 0.3) is 5.91 Å². The number of rotatable bonds is 6. The quantitative estimate of drug-likeness (QED) is 0.491. The van der Waals surface area contributed by atoms with Crippen molar-refractivity contribution in [1.29, 1.82) is 0 Å². The van der Waals surface area contributed by atoms with Crippen LogP contribution in [0.3, 0.4) is 0 Å². The fourth-order valence-corrected chi connectivity index (χ4v) is 4.59. The fraction of sp³-hybridized carbons (Fsp3) is 0.263. The monoisotopic (exact) mass is 517 g/mol. The van der Waals surface area contributed by atoms with Gasteiger partial charge in [-0.15, -0.1) is 12.4 Å². The molecule has 0 unspecified atom stereocenters. The van der Waals surface area contributed by atoms with Gasteiger partial charge in [-0.3, -0.25) is 9.69 Å². The number of carbonyl (C=O) groups excluding carboxylic acids is 1. The minimum atomic E-state index is -3.30. The van der Waals surface area contributed by atoms with Gasteiger partial charge in [0.15, 0.2) is 15.0 Å². The van der Waals surface area contributed by atoms with Gasteiger partial charge in [0.2, 0.25) is 0 Å². The Morgan fingerprint density at radius 2 is 1.76 bits per heavy atom. The first-order valence-corrected chi connectivity index (χ1v) is 12.0. The Morgan fingerprint density at radius 3 is 2.34 bits per heavy atom. The standard InChI is InChI=1S/C19H20BrN3O3S2.ClH/c1-22(2)10-11-23(18(24)13-4-6-14(20)7-5-13)19-21-16-9-8-15(28(3,25)26)12-17(16)27-19;/h4-9,12H,10-11H2,1-3H3;1H. The van der Waals surface area contributed by atoms with Gasteiger partial charge in [0, 0.05) is 29.4 Å². The lowest BCUT2D eigenvalue weighted by molar-refractivity contribution is 0.0985. The molecule has 0 aliphatic heterocycles. The molecule has 0 aliphatic rings. The molecule has 0 spiro atoms. The van der Waals surface area contributed by atoms with E-state index in [1.165, 1.54) is 17.6 Å². The number of fused-ring (bicyclic) bond motifs is 1. The number of amides is 1. The van der Waals surface area contributed by atoms with E-state index in [1.807, 2.05) is 31.1 Å². The molecule has 0 fully saturated rings. The number of nitrogens with zero attached hydrogens (tertiary/aromatic N) is 3. The lowest BCUT2D eigenvalue weighted by Gasteiger charge is -2.22. The number of anilines is 1. The van der Waals surface area contributed by atoms with E-state index in [1.54, 1.807) is 35.2 Å². The first kappa shape index (κ1) is 23.8. The molecule has 0 aliphatic carbocycles. The summed E-state index contributed by atoms with van der Waals surface area (Å²) in [4.78, 5) is 21.6. The van der Waals surface area contributed by atoms with Gasteiger partial charge in [-0.1, -0.05) is 27.3 Å². The number of carbonyl (C=O) groups is 1. The van der Waals surface area contributed by atoms with Gasteiger partial charge in [-0.25, -0.2) is 13.4 Å². The van der Waals surface area contributed by atoms with Crippen LogP contribution >= 0.6 is 39.7 Å². The van der Waals surface area contributed by atoms with Crippen molar-refractivity contribution >= 4 is 70.8 Å². The molecule has 0 radical (unpaired) electrons. The summed E-state index contributed by atoms with van der Waals surface area (Å²) in [5.74, 6) is -0.142. The molecule has 29 heavy (non-hydrogen) atoms. The third-order valence-corrected chi connectivity index (χ3v) is 6.79. The second kappa shape index (κ2) is 9.53. The van der Waals surface area contributed by atoms with Gasteiger partial charge in [0.1, 0.15) is 0 Å². The summed E-state index contributed by atoms with van der Waals surface area (Å²) < 4.78 is 25.3. The van der Waals surface area contributed by atoms with Crippen molar-refractivity contribution in [3.63, 3.8) is 0 Å². The Bertz CT molecular complexity index is 1120. The lowest BCUT2D eigenvalue weighted by atomic mass is 10.2. The number of aromatic nitrogens is 1. The summed E-state index contributed by atoms with van der Waals surface area (Å²) in [6.07, 6.45) is 1.18. The van der Waals surface area contributed by atoms with Crippen molar-refractivity contribution in [2.75, 3.05) is 38.3 Å². The van der Waals surface area contributed by atoms with E-state index < -0.39 is 9.84 Å². The second-order valence-corrected chi connectivity index (χ2v) is 10.6. The Balaban J connectivity index is 0.00000300. The highest BCUT2D eigenvalue weighted by Gasteiger charge is 2.22. The molecule has 3 rings (SSSR count). The Labute approximate surface area is 189 Å². The number of benzene rings is 2. The summed E-state index contributed by atoms with van der Waals surface area (Å²) in [7, 11) is 0.584. The molecule has 0 bridgehead atoms. The average molecular weight is 519 g/mol. The molecule has 3 aromatic rings. The van der Waals surface area contributed by atoms with E-state index in [-0.39, 0.29) is 23.2 Å². The number of hydrogen-bond donors (Lipinski definition) is 0. The van der Waals surface area contributed by atoms with Crippen molar-refractivity contribution in [1.82, 2.24) is 9.88 Å². The number of halogens is 2. The van der Waals surface area contributed by atoms with Crippen molar-refractivity contribution in [2.24, 2.45) is 0 Å². The maximum absolute atomic E-state index is 13.1. The summed E-state index contributed by atoms with van der Waals surface area (Å²) in [6.45, 7) is 1.15. The van der Waals surface area contributed by atoms with Gasteiger partial charge in [-0.05, 0) is 56.6 Å². The zero-order chi connectivity index (χ0) is 20.5. The Kier molecular flexibility index (Phi) is 7.80. The fourth-order valence-electron chi connectivity index (χ4n) is 2.57. The van der Waals surface area contributed by atoms with E-state index in [2.05, 4.69) is 20.9 Å². The van der Waals surface area contributed by atoms with Crippen LogP contribution in [-0.2, 0) is 9.84 Å². The molecule has 6 nitrogen and oxygen atoms in total. The number of thiazole rings is 1. The van der Waals surface area contributed by atoms with Crippen LogP contribution in [0, 0.1) is 0 Å². The molecule has 0 saturated carbocycles. The second-order valence-electron chi connectivity index (χ2n) is 6.67.